The molecule has 1 saturated carbocycles. The fourth-order valence-electron chi connectivity index (χ4n) is 3.58. The molecule has 1 amide bonds. The van der Waals surface area contributed by atoms with Crippen LogP contribution >= 0.6 is 0 Å². The van der Waals surface area contributed by atoms with Gasteiger partial charge < -0.3 is 10.4 Å². The summed E-state index contributed by atoms with van der Waals surface area (Å²) in [5.41, 5.74) is 2.71. The molecule has 1 aromatic carbocycles. The van der Waals surface area contributed by atoms with Gasteiger partial charge in [0.25, 0.3) is 0 Å². The molecule has 4 nitrogen and oxygen atoms in total. The monoisotopic (exact) mass is 287 g/mol. The van der Waals surface area contributed by atoms with Crippen LogP contribution in [0.4, 0.5) is 0 Å². The number of hydrogen-bond donors (Lipinski definition) is 2. The molecule has 0 aromatic heterocycles. The Bertz CT molecular complexity index is 555. The van der Waals surface area contributed by atoms with Gasteiger partial charge in [-0.05, 0) is 49.7 Å². The van der Waals surface area contributed by atoms with Crippen molar-refractivity contribution in [3.8, 4) is 0 Å². The highest BCUT2D eigenvalue weighted by Gasteiger charge is 2.34. The van der Waals surface area contributed by atoms with Crippen LogP contribution in [0.1, 0.15) is 36.8 Å². The average Bonchev–Trinajstić information content (AvgIpc) is 2.97. The van der Waals surface area contributed by atoms with Crippen molar-refractivity contribution in [1.29, 1.82) is 0 Å². The fourth-order valence-corrected chi connectivity index (χ4v) is 3.58. The number of carbonyl (C=O) groups is 2. The molecular weight excluding hydrogens is 266 g/mol. The standard InChI is InChI=1S/C17H21NO3/c19-16(13-5-6-14(9-13)17(20)21)18-15-8-7-11-3-1-2-4-12(11)10-15/h1-4,13-15H,5-10H2,(H,18,19)(H,20,21)/t13-,14+,15?/m0/s1. The van der Waals surface area contributed by atoms with Gasteiger partial charge in [-0.3, -0.25) is 9.59 Å². The molecule has 2 N–H and O–H groups in total. The second-order valence-corrected chi connectivity index (χ2v) is 6.26. The summed E-state index contributed by atoms with van der Waals surface area (Å²) in [5, 5.41) is 12.1. The van der Waals surface area contributed by atoms with Crippen LogP contribution in [0.5, 0.6) is 0 Å². The van der Waals surface area contributed by atoms with Crippen molar-refractivity contribution in [2.75, 3.05) is 0 Å². The number of fused-ring (bicyclic) bond motifs is 1. The molecule has 0 aliphatic heterocycles. The molecule has 1 unspecified atom stereocenters. The molecule has 21 heavy (non-hydrogen) atoms. The van der Waals surface area contributed by atoms with E-state index < -0.39 is 5.97 Å². The van der Waals surface area contributed by atoms with E-state index in [0.29, 0.717) is 19.3 Å². The van der Waals surface area contributed by atoms with Gasteiger partial charge in [-0.1, -0.05) is 24.3 Å². The number of carboxylic acid groups (broad SMARTS) is 1. The Labute approximate surface area is 124 Å². The number of rotatable bonds is 3. The summed E-state index contributed by atoms with van der Waals surface area (Å²) in [5.74, 6) is -1.18. The van der Waals surface area contributed by atoms with Crippen molar-refractivity contribution in [2.24, 2.45) is 11.8 Å². The second-order valence-electron chi connectivity index (χ2n) is 6.26. The lowest BCUT2D eigenvalue weighted by molar-refractivity contribution is -0.141. The van der Waals surface area contributed by atoms with Crippen LogP contribution in [0, 0.1) is 11.8 Å². The molecule has 2 aliphatic carbocycles. The molecule has 0 bridgehead atoms. The Morgan fingerprint density at radius 3 is 2.48 bits per heavy atom. The number of amides is 1. The molecule has 0 radical (unpaired) electrons. The lowest BCUT2D eigenvalue weighted by atomic mass is 9.88. The third kappa shape index (κ3) is 3.09. The first-order valence-electron chi connectivity index (χ1n) is 7.73. The van der Waals surface area contributed by atoms with Gasteiger partial charge in [-0.15, -0.1) is 0 Å². The molecule has 4 heteroatoms. The molecule has 0 saturated heterocycles. The first-order chi connectivity index (χ1) is 10.1. The van der Waals surface area contributed by atoms with Crippen molar-refractivity contribution in [3.63, 3.8) is 0 Å². The van der Waals surface area contributed by atoms with Crippen molar-refractivity contribution in [2.45, 2.75) is 44.6 Å². The van der Waals surface area contributed by atoms with Crippen molar-refractivity contribution in [3.05, 3.63) is 35.4 Å². The van der Waals surface area contributed by atoms with Gasteiger partial charge in [0.1, 0.15) is 0 Å². The van der Waals surface area contributed by atoms with Crippen LogP contribution in [0.25, 0.3) is 0 Å². The van der Waals surface area contributed by atoms with Crippen LogP contribution in [0.3, 0.4) is 0 Å². The number of aryl methyl sites for hydroxylation is 1. The number of benzene rings is 1. The summed E-state index contributed by atoms with van der Waals surface area (Å²) in [7, 11) is 0. The van der Waals surface area contributed by atoms with Gasteiger partial charge in [0, 0.05) is 12.0 Å². The number of carboxylic acids is 1. The Morgan fingerprint density at radius 2 is 1.76 bits per heavy atom. The molecule has 2 aliphatic rings. The zero-order valence-corrected chi connectivity index (χ0v) is 12.0. The van der Waals surface area contributed by atoms with E-state index >= 15 is 0 Å². The Balaban J connectivity index is 1.56. The predicted molar refractivity (Wildman–Crippen MR) is 78.9 cm³/mol. The minimum absolute atomic E-state index is 0.0446. The summed E-state index contributed by atoms with van der Waals surface area (Å²) in [4.78, 5) is 23.3. The SMILES string of the molecule is O=C(O)[C@@H]1CC[C@H](C(=O)NC2CCc3ccccc3C2)C1. The van der Waals surface area contributed by atoms with Gasteiger partial charge in [-0.25, -0.2) is 0 Å². The second kappa shape index (κ2) is 5.88. The molecule has 112 valence electrons. The Hall–Kier alpha value is -1.84. The van der Waals surface area contributed by atoms with E-state index in [0.717, 1.165) is 19.3 Å². The first-order valence-corrected chi connectivity index (χ1v) is 7.73. The maximum Gasteiger partial charge on any atom is 0.306 e. The van der Waals surface area contributed by atoms with Gasteiger partial charge in [0.2, 0.25) is 5.91 Å². The van der Waals surface area contributed by atoms with Crippen LogP contribution < -0.4 is 5.32 Å². The van der Waals surface area contributed by atoms with Crippen molar-refractivity contribution < 1.29 is 14.7 Å². The van der Waals surface area contributed by atoms with Gasteiger partial charge in [0.05, 0.1) is 5.92 Å². The summed E-state index contributed by atoms with van der Waals surface area (Å²) in [6.45, 7) is 0. The molecule has 3 atom stereocenters. The third-order valence-electron chi connectivity index (χ3n) is 4.85. The van der Waals surface area contributed by atoms with E-state index in [-0.39, 0.29) is 23.8 Å². The number of carbonyl (C=O) groups excluding carboxylic acids is 1. The lowest BCUT2D eigenvalue weighted by Gasteiger charge is -2.26. The molecular formula is C17H21NO3. The quantitative estimate of drug-likeness (QED) is 0.895. The first kappa shape index (κ1) is 14.1. The zero-order valence-electron chi connectivity index (χ0n) is 12.0. The van der Waals surface area contributed by atoms with Gasteiger partial charge in [0.15, 0.2) is 0 Å². The van der Waals surface area contributed by atoms with Crippen LogP contribution in [0.15, 0.2) is 24.3 Å². The summed E-state index contributed by atoms with van der Waals surface area (Å²) in [6, 6.07) is 8.57. The maximum atomic E-state index is 12.3. The smallest absolute Gasteiger partial charge is 0.306 e. The van der Waals surface area contributed by atoms with E-state index in [4.69, 9.17) is 5.11 Å². The summed E-state index contributed by atoms with van der Waals surface area (Å²) >= 11 is 0. The molecule has 3 rings (SSSR count). The van der Waals surface area contributed by atoms with E-state index in [9.17, 15) is 9.59 Å². The average molecular weight is 287 g/mol. The molecule has 0 heterocycles. The fraction of sp³-hybridized carbons (Fsp3) is 0.529. The van der Waals surface area contributed by atoms with Crippen LogP contribution in [-0.2, 0) is 22.4 Å². The van der Waals surface area contributed by atoms with Crippen LogP contribution in [0.2, 0.25) is 0 Å². The van der Waals surface area contributed by atoms with Gasteiger partial charge in [-0.2, -0.15) is 0 Å². The summed E-state index contributed by atoms with van der Waals surface area (Å²) < 4.78 is 0. The molecule has 1 fully saturated rings. The van der Waals surface area contributed by atoms with Crippen LogP contribution in [-0.4, -0.2) is 23.0 Å². The maximum absolute atomic E-state index is 12.3. The number of hydrogen-bond acceptors (Lipinski definition) is 2. The Morgan fingerprint density at radius 1 is 1.05 bits per heavy atom. The predicted octanol–water partition coefficient (Wildman–Crippen LogP) is 2.16. The highest BCUT2D eigenvalue weighted by molar-refractivity contribution is 5.81. The summed E-state index contributed by atoms with van der Waals surface area (Å²) in [6.07, 6.45) is 4.68. The van der Waals surface area contributed by atoms with E-state index in [1.165, 1.54) is 11.1 Å². The van der Waals surface area contributed by atoms with Crippen molar-refractivity contribution >= 4 is 11.9 Å². The molecule has 0 spiro atoms. The minimum Gasteiger partial charge on any atom is -0.481 e. The van der Waals surface area contributed by atoms with E-state index in [1.54, 1.807) is 0 Å². The number of aliphatic carboxylic acids is 1. The lowest BCUT2D eigenvalue weighted by Crippen LogP contribution is -2.41. The topological polar surface area (TPSA) is 66.4 Å². The van der Waals surface area contributed by atoms with E-state index in [1.807, 2.05) is 6.07 Å². The number of nitrogens with one attached hydrogen (secondary N) is 1. The van der Waals surface area contributed by atoms with E-state index in [2.05, 4.69) is 23.5 Å². The van der Waals surface area contributed by atoms with Gasteiger partial charge >= 0.3 is 5.97 Å². The third-order valence-corrected chi connectivity index (χ3v) is 4.85. The highest BCUT2D eigenvalue weighted by Crippen LogP contribution is 2.31. The van der Waals surface area contributed by atoms with Crippen molar-refractivity contribution in [1.82, 2.24) is 5.32 Å². The highest BCUT2D eigenvalue weighted by atomic mass is 16.4. The normalized spacial score (nSPS) is 27.9. The largest absolute Gasteiger partial charge is 0.481 e. The molecule has 1 aromatic rings. The minimum atomic E-state index is -0.767. The zero-order chi connectivity index (χ0) is 14.8. The Kier molecular flexibility index (Phi) is 3.95.